The molecule has 2 aromatic heterocycles. The Labute approximate surface area is 150 Å². The van der Waals surface area contributed by atoms with Crippen molar-refractivity contribution in [2.24, 2.45) is 0 Å². The number of hydrogen-bond acceptors (Lipinski definition) is 3. The molecule has 5 rings (SSSR count). The first-order valence-electron chi connectivity index (χ1n) is 8.73. The van der Waals surface area contributed by atoms with Gasteiger partial charge in [0.2, 0.25) is 0 Å². The average Bonchev–Trinajstić information content (AvgIpc) is 3.22. The van der Waals surface area contributed by atoms with Gasteiger partial charge in [0.15, 0.2) is 0 Å². The van der Waals surface area contributed by atoms with E-state index in [4.69, 9.17) is 0 Å². The van der Waals surface area contributed by atoms with Crippen molar-refractivity contribution in [1.82, 2.24) is 19.6 Å². The summed E-state index contributed by atoms with van der Waals surface area (Å²) in [4.78, 5) is 0. The molecule has 5 heteroatoms. The maximum atomic E-state index is 10.8. The van der Waals surface area contributed by atoms with Gasteiger partial charge in [-0.1, -0.05) is 53.7 Å². The molecule has 0 aliphatic heterocycles. The lowest BCUT2D eigenvalue weighted by Crippen LogP contribution is -2.22. The maximum absolute atomic E-state index is 10.8. The predicted octanol–water partition coefficient (Wildman–Crippen LogP) is 3.60. The van der Waals surface area contributed by atoms with Gasteiger partial charge in [-0.15, -0.1) is 5.10 Å². The second-order valence-electron chi connectivity index (χ2n) is 6.56. The summed E-state index contributed by atoms with van der Waals surface area (Å²) in [6.45, 7) is 0.906. The summed E-state index contributed by atoms with van der Waals surface area (Å²) in [6.07, 6.45) is -0.570. The molecule has 128 valence electrons. The molecule has 3 aromatic carbocycles. The van der Waals surface area contributed by atoms with Crippen LogP contribution in [-0.2, 0) is 13.1 Å². The smallest absolute Gasteiger partial charge is 0.113 e. The van der Waals surface area contributed by atoms with Crippen molar-refractivity contribution >= 4 is 32.8 Å². The van der Waals surface area contributed by atoms with Gasteiger partial charge in [0, 0.05) is 21.8 Å². The first-order valence-corrected chi connectivity index (χ1v) is 8.73. The Morgan fingerprint density at radius 1 is 0.731 bits per heavy atom. The zero-order chi connectivity index (χ0) is 17.5. The number of hydrogen-bond donors (Lipinski definition) is 1. The van der Waals surface area contributed by atoms with E-state index in [0.717, 1.165) is 22.1 Å². The Morgan fingerprint density at radius 3 is 2.00 bits per heavy atom. The molecule has 0 aliphatic rings. The fourth-order valence-electron chi connectivity index (χ4n) is 3.72. The van der Waals surface area contributed by atoms with E-state index < -0.39 is 6.10 Å². The van der Waals surface area contributed by atoms with Crippen molar-refractivity contribution in [3.63, 3.8) is 0 Å². The van der Waals surface area contributed by atoms with Crippen molar-refractivity contribution in [3.05, 3.63) is 72.8 Å². The van der Waals surface area contributed by atoms with Crippen LogP contribution in [0.1, 0.15) is 0 Å². The summed E-state index contributed by atoms with van der Waals surface area (Å²) >= 11 is 0. The zero-order valence-electron chi connectivity index (χ0n) is 14.2. The quantitative estimate of drug-likeness (QED) is 0.543. The van der Waals surface area contributed by atoms with E-state index in [9.17, 15) is 5.11 Å². The molecule has 1 N–H and O–H groups in total. The molecule has 0 radical (unpaired) electrons. The number of para-hydroxylation sites is 3. The molecule has 5 nitrogen and oxygen atoms in total. The Balaban J connectivity index is 1.52. The highest BCUT2D eigenvalue weighted by molar-refractivity contribution is 6.07. The summed E-state index contributed by atoms with van der Waals surface area (Å²) < 4.78 is 3.96. The fourth-order valence-corrected chi connectivity index (χ4v) is 3.72. The summed E-state index contributed by atoms with van der Waals surface area (Å²) in [5, 5.41) is 21.5. The molecule has 0 spiro atoms. The number of aromatic nitrogens is 4. The topological polar surface area (TPSA) is 55.9 Å². The monoisotopic (exact) mass is 342 g/mol. The van der Waals surface area contributed by atoms with Gasteiger partial charge in [0.05, 0.1) is 24.7 Å². The lowest BCUT2D eigenvalue weighted by atomic mass is 10.2. The highest BCUT2D eigenvalue weighted by Gasteiger charge is 2.15. The number of aliphatic hydroxyl groups is 1. The summed E-state index contributed by atoms with van der Waals surface area (Å²) in [7, 11) is 0. The molecule has 1 atom stereocenters. The zero-order valence-corrected chi connectivity index (χ0v) is 14.2. The van der Waals surface area contributed by atoms with Crippen molar-refractivity contribution in [1.29, 1.82) is 0 Å². The molecule has 0 saturated carbocycles. The molecular formula is C21H18N4O. The minimum absolute atomic E-state index is 0.404. The van der Waals surface area contributed by atoms with Crippen LogP contribution in [0.2, 0.25) is 0 Å². The molecule has 0 amide bonds. The number of aliphatic hydroxyl groups excluding tert-OH is 1. The first-order chi connectivity index (χ1) is 12.8. The van der Waals surface area contributed by atoms with E-state index in [1.807, 2.05) is 36.4 Å². The second-order valence-corrected chi connectivity index (χ2v) is 6.56. The Morgan fingerprint density at radius 2 is 1.31 bits per heavy atom. The van der Waals surface area contributed by atoms with Crippen LogP contribution in [0.15, 0.2) is 72.8 Å². The van der Waals surface area contributed by atoms with Crippen molar-refractivity contribution in [2.45, 2.75) is 19.2 Å². The van der Waals surface area contributed by atoms with Gasteiger partial charge < -0.3 is 9.67 Å². The van der Waals surface area contributed by atoms with Gasteiger partial charge in [0.25, 0.3) is 0 Å². The lowest BCUT2D eigenvalue weighted by molar-refractivity contribution is 0.133. The van der Waals surface area contributed by atoms with Crippen LogP contribution in [0.5, 0.6) is 0 Å². The summed E-state index contributed by atoms with van der Waals surface area (Å²) in [5.74, 6) is 0. The van der Waals surface area contributed by atoms with Crippen LogP contribution >= 0.6 is 0 Å². The van der Waals surface area contributed by atoms with Gasteiger partial charge in [-0.3, -0.25) is 0 Å². The summed E-state index contributed by atoms with van der Waals surface area (Å²) in [6, 6.07) is 24.5. The van der Waals surface area contributed by atoms with Crippen LogP contribution in [0.3, 0.4) is 0 Å². The van der Waals surface area contributed by atoms with Crippen LogP contribution in [-0.4, -0.2) is 30.8 Å². The minimum atomic E-state index is -0.570. The largest absolute Gasteiger partial charge is 0.389 e. The molecule has 2 heterocycles. The van der Waals surface area contributed by atoms with Gasteiger partial charge in [-0.25, -0.2) is 4.68 Å². The van der Waals surface area contributed by atoms with Gasteiger partial charge >= 0.3 is 0 Å². The van der Waals surface area contributed by atoms with Gasteiger partial charge in [-0.05, 0) is 24.3 Å². The molecule has 0 saturated heterocycles. The number of rotatable bonds is 4. The third-order valence-electron chi connectivity index (χ3n) is 4.88. The van der Waals surface area contributed by atoms with E-state index >= 15 is 0 Å². The van der Waals surface area contributed by atoms with Gasteiger partial charge in [0.1, 0.15) is 5.52 Å². The van der Waals surface area contributed by atoms with Crippen LogP contribution in [0.4, 0.5) is 0 Å². The van der Waals surface area contributed by atoms with Crippen molar-refractivity contribution in [2.75, 3.05) is 0 Å². The molecule has 5 aromatic rings. The van der Waals surface area contributed by atoms with Crippen molar-refractivity contribution in [3.8, 4) is 0 Å². The average molecular weight is 342 g/mol. The molecule has 26 heavy (non-hydrogen) atoms. The van der Waals surface area contributed by atoms with Crippen LogP contribution in [0, 0.1) is 0 Å². The van der Waals surface area contributed by atoms with E-state index in [1.165, 1.54) is 10.8 Å². The Bertz CT molecular complexity index is 1170. The number of benzene rings is 3. The summed E-state index contributed by atoms with van der Waals surface area (Å²) in [5.41, 5.74) is 4.05. The van der Waals surface area contributed by atoms with E-state index in [2.05, 4.69) is 51.3 Å². The Hall–Kier alpha value is -3.18. The van der Waals surface area contributed by atoms with Crippen molar-refractivity contribution < 1.29 is 5.11 Å². The highest BCUT2D eigenvalue weighted by Crippen LogP contribution is 2.29. The van der Waals surface area contributed by atoms with Gasteiger partial charge in [-0.2, -0.15) is 0 Å². The Kier molecular flexibility index (Phi) is 3.47. The third kappa shape index (κ3) is 2.36. The predicted molar refractivity (Wildman–Crippen MR) is 103 cm³/mol. The molecule has 0 bridgehead atoms. The van der Waals surface area contributed by atoms with Crippen LogP contribution < -0.4 is 0 Å². The van der Waals surface area contributed by atoms with Crippen LogP contribution in [0.25, 0.3) is 32.8 Å². The second kappa shape index (κ2) is 5.97. The normalized spacial score (nSPS) is 13.0. The number of nitrogens with zero attached hydrogens (tertiary/aromatic N) is 4. The third-order valence-corrected chi connectivity index (χ3v) is 4.88. The molecule has 0 unspecified atom stereocenters. The van der Waals surface area contributed by atoms with E-state index in [-0.39, 0.29) is 0 Å². The highest BCUT2D eigenvalue weighted by atomic mass is 16.3. The molecule has 0 aliphatic carbocycles. The fraction of sp³-hybridized carbons (Fsp3) is 0.143. The molecular weight excluding hydrogens is 324 g/mol. The minimum Gasteiger partial charge on any atom is -0.389 e. The van der Waals surface area contributed by atoms with E-state index in [1.54, 1.807) is 4.68 Å². The standard InChI is InChI=1S/C21H18N4O/c26-15(14-25-21-12-6-3-9-18(21)22-23-25)13-24-19-10-4-1-7-16(19)17-8-2-5-11-20(17)24/h1-12,15,26H,13-14H2/t15-/m1/s1. The maximum Gasteiger partial charge on any atom is 0.113 e. The first kappa shape index (κ1) is 15.1. The lowest BCUT2D eigenvalue weighted by Gasteiger charge is -2.14. The number of fused-ring (bicyclic) bond motifs is 4. The SMILES string of the molecule is O[C@@H](Cn1nnc2ccccc21)Cn1c2ccccc2c2ccccc21. The van der Waals surface area contributed by atoms with E-state index in [0.29, 0.717) is 13.1 Å². The molecule has 0 fully saturated rings.